The molecule has 1 heterocycles. The van der Waals surface area contributed by atoms with E-state index in [4.69, 9.17) is 0 Å². The maximum atomic E-state index is 12.0. The molecule has 0 amide bonds. The van der Waals surface area contributed by atoms with Gasteiger partial charge in [0.25, 0.3) is 0 Å². The second kappa shape index (κ2) is 5.85. The first-order valence-corrected chi connectivity index (χ1v) is 7.41. The molecule has 0 aliphatic rings. The van der Waals surface area contributed by atoms with E-state index in [0.717, 1.165) is 10.4 Å². The van der Waals surface area contributed by atoms with E-state index >= 15 is 0 Å². The van der Waals surface area contributed by atoms with Crippen molar-refractivity contribution >= 4 is 34.0 Å². The van der Waals surface area contributed by atoms with Crippen molar-refractivity contribution in [2.45, 2.75) is 6.42 Å². The molecule has 1 aromatic heterocycles. The Labute approximate surface area is 122 Å². The number of benzene rings is 2. The van der Waals surface area contributed by atoms with Gasteiger partial charge in [0.15, 0.2) is 5.78 Å². The van der Waals surface area contributed by atoms with E-state index in [0.29, 0.717) is 6.42 Å². The Hall–Kier alpha value is -2.19. The summed E-state index contributed by atoms with van der Waals surface area (Å²) in [5, 5.41) is 4.39. The topological polar surface area (TPSA) is 17.1 Å². The van der Waals surface area contributed by atoms with Crippen molar-refractivity contribution in [1.82, 2.24) is 0 Å². The minimum Gasteiger partial charge on any atom is -0.294 e. The van der Waals surface area contributed by atoms with Gasteiger partial charge in [-0.25, -0.2) is 0 Å². The van der Waals surface area contributed by atoms with Crippen molar-refractivity contribution in [3.63, 3.8) is 0 Å². The summed E-state index contributed by atoms with van der Waals surface area (Å²) in [6.07, 6.45) is 4.00. The van der Waals surface area contributed by atoms with Crippen LogP contribution >= 0.6 is 11.3 Å². The normalized spacial score (nSPS) is 11.2. The zero-order valence-corrected chi connectivity index (χ0v) is 11.8. The lowest BCUT2D eigenvalue weighted by Gasteiger charge is -2.01. The largest absolute Gasteiger partial charge is 0.294 e. The van der Waals surface area contributed by atoms with E-state index in [1.54, 1.807) is 17.4 Å². The highest BCUT2D eigenvalue weighted by molar-refractivity contribution is 7.10. The average molecular weight is 278 g/mol. The van der Waals surface area contributed by atoms with Crippen LogP contribution in [0.15, 0.2) is 66.1 Å². The highest BCUT2D eigenvalue weighted by Crippen LogP contribution is 2.16. The third kappa shape index (κ3) is 3.03. The third-order valence-electron chi connectivity index (χ3n) is 3.17. The summed E-state index contributed by atoms with van der Waals surface area (Å²) in [5.41, 5.74) is 1.06. The lowest BCUT2D eigenvalue weighted by Crippen LogP contribution is -1.98. The average Bonchev–Trinajstić information content (AvgIpc) is 2.98. The number of hydrogen-bond donors (Lipinski definition) is 0. The van der Waals surface area contributed by atoms with Crippen molar-refractivity contribution in [3.05, 3.63) is 76.5 Å². The van der Waals surface area contributed by atoms with E-state index in [1.165, 1.54) is 10.8 Å². The number of thiophene rings is 1. The van der Waals surface area contributed by atoms with Gasteiger partial charge in [-0.2, -0.15) is 0 Å². The molecular weight excluding hydrogens is 264 g/mol. The molecular formula is C18H14OS. The van der Waals surface area contributed by atoms with Gasteiger partial charge < -0.3 is 0 Å². The van der Waals surface area contributed by atoms with Gasteiger partial charge in [0.1, 0.15) is 0 Å². The molecule has 3 aromatic rings. The van der Waals surface area contributed by atoms with E-state index in [2.05, 4.69) is 24.3 Å². The molecule has 1 nitrogen and oxygen atoms in total. The molecule has 3 rings (SSSR count). The van der Waals surface area contributed by atoms with Crippen LogP contribution in [-0.4, -0.2) is 5.78 Å². The molecule has 0 saturated heterocycles. The van der Waals surface area contributed by atoms with Gasteiger partial charge in [-0.3, -0.25) is 4.79 Å². The first kappa shape index (κ1) is 12.8. The van der Waals surface area contributed by atoms with Gasteiger partial charge >= 0.3 is 0 Å². The number of carbonyl (C=O) groups is 1. The molecule has 0 N–H and O–H groups in total. The van der Waals surface area contributed by atoms with Crippen LogP contribution in [0.25, 0.3) is 16.8 Å². The zero-order valence-electron chi connectivity index (χ0n) is 11.0. The van der Waals surface area contributed by atoms with Crippen LogP contribution in [0.4, 0.5) is 0 Å². The Morgan fingerprint density at radius 1 is 1.00 bits per heavy atom. The summed E-state index contributed by atoms with van der Waals surface area (Å²) in [5.74, 6) is 0.133. The van der Waals surface area contributed by atoms with Crippen LogP contribution in [0.3, 0.4) is 0 Å². The predicted molar refractivity (Wildman–Crippen MR) is 86.0 cm³/mol. The monoisotopic (exact) mass is 278 g/mol. The standard InChI is InChI=1S/C18H14OS/c19-17(9-10-18-6-3-11-20-18)13-14-7-8-15-4-1-2-5-16(15)12-14/h1-12H,13H2/b10-9+. The number of fused-ring (bicyclic) bond motifs is 1. The van der Waals surface area contributed by atoms with Crippen LogP contribution in [0, 0.1) is 0 Å². The number of hydrogen-bond acceptors (Lipinski definition) is 2. The Morgan fingerprint density at radius 2 is 1.85 bits per heavy atom. The molecule has 20 heavy (non-hydrogen) atoms. The lowest BCUT2D eigenvalue weighted by atomic mass is 10.0. The zero-order chi connectivity index (χ0) is 13.8. The van der Waals surface area contributed by atoms with E-state index in [9.17, 15) is 4.79 Å². The fraction of sp³-hybridized carbons (Fsp3) is 0.0556. The molecule has 98 valence electrons. The molecule has 0 radical (unpaired) electrons. The van der Waals surface area contributed by atoms with Crippen LogP contribution in [0.1, 0.15) is 10.4 Å². The highest BCUT2D eigenvalue weighted by atomic mass is 32.1. The number of allylic oxidation sites excluding steroid dienone is 1. The van der Waals surface area contributed by atoms with E-state index in [1.807, 2.05) is 41.8 Å². The van der Waals surface area contributed by atoms with Gasteiger partial charge in [-0.05, 0) is 39.9 Å². The molecule has 0 aliphatic heterocycles. The highest BCUT2D eigenvalue weighted by Gasteiger charge is 2.01. The molecule has 2 aromatic carbocycles. The first-order valence-electron chi connectivity index (χ1n) is 6.53. The maximum absolute atomic E-state index is 12.0. The predicted octanol–water partition coefficient (Wildman–Crippen LogP) is 4.73. The minimum absolute atomic E-state index is 0.133. The third-order valence-corrected chi connectivity index (χ3v) is 4.01. The summed E-state index contributed by atoms with van der Waals surface area (Å²) in [6.45, 7) is 0. The van der Waals surface area contributed by atoms with E-state index < -0.39 is 0 Å². The number of rotatable bonds is 4. The second-order valence-corrected chi connectivity index (χ2v) is 5.65. The summed E-state index contributed by atoms with van der Waals surface area (Å²) < 4.78 is 0. The fourth-order valence-electron chi connectivity index (χ4n) is 2.17. The van der Waals surface area contributed by atoms with Gasteiger partial charge in [0.2, 0.25) is 0 Å². The van der Waals surface area contributed by atoms with Crippen molar-refractivity contribution in [1.29, 1.82) is 0 Å². The molecule has 0 fully saturated rings. The van der Waals surface area contributed by atoms with Crippen molar-refractivity contribution in [2.24, 2.45) is 0 Å². The smallest absolute Gasteiger partial charge is 0.160 e. The molecule has 0 unspecified atom stereocenters. The van der Waals surface area contributed by atoms with Crippen molar-refractivity contribution in [2.75, 3.05) is 0 Å². The van der Waals surface area contributed by atoms with Crippen molar-refractivity contribution in [3.8, 4) is 0 Å². The summed E-state index contributed by atoms with van der Waals surface area (Å²) in [4.78, 5) is 13.1. The van der Waals surface area contributed by atoms with E-state index in [-0.39, 0.29) is 5.78 Å². The van der Waals surface area contributed by atoms with Crippen LogP contribution in [0.5, 0.6) is 0 Å². The molecule has 0 spiro atoms. The number of ketones is 1. The minimum atomic E-state index is 0.133. The van der Waals surface area contributed by atoms with Gasteiger partial charge in [0.05, 0.1) is 0 Å². The van der Waals surface area contributed by atoms with Gasteiger partial charge in [0, 0.05) is 11.3 Å². The number of carbonyl (C=O) groups excluding carboxylic acids is 1. The molecule has 0 bridgehead atoms. The fourth-order valence-corrected chi connectivity index (χ4v) is 2.79. The molecule has 0 saturated carbocycles. The Morgan fingerprint density at radius 3 is 2.65 bits per heavy atom. The SMILES string of the molecule is O=C(/C=C/c1cccs1)Cc1ccc2ccccc2c1. The van der Waals surface area contributed by atoms with Gasteiger partial charge in [-0.15, -0.1) is 11.3 Å². The molecule has 2 heteroatoms. The Kier molecular flexibility index (Phi) is 3.75. The summed E-state index contributed by atoms with van der Waals surface area (Å²) in [7, 11) is 0. The first-order chi connectivity index (χ1) is 9.81. The molecule has 0 atom stereocenters. The van der Waals surface area contributed by atoms with Crippen LogP contribution in [-0.2, 0) is 11.2 Å². The summed E-state index contributed by atoms with van der Waals surface area (Å²) in [6, 6.07) is 18.4. The van der Waals surface area contributed by atoms with Crippen LogP contribution in [0.2, 0.25) is 0 Å². The Bertz CT molecular complexity index is 754. The van der Waals surface area contributed by atoms with Gasteiger partial charge in [-0.1, -0.05) is 48.5 Å². The second-order valence-electron chi connectivity index (χ2n) is 4.67. The lowest BCUT2D eigenvalue weighted by molar-refractivity contribution is -0.113. The molecule has 0 aliphatic carbocycles. The Balaban J connectivity index is 1.74. The maximum Gasteiger partial charge on any atom is 0.160 e. The quantitative estimate of drug-likeness (QED) is 0.631. The summed E-state index contributed by atoms with van der Waals surface area (Å²) >= 11 is 1.63. The van der Waals surface area contributed by atoms with Crippen molar-refractivity contribution < 1.29 is 4.79 Å². The van der Waals surface area contributed by atoms with Crippen LogP contribution < -0.4 is 0 Å².